The van der Waals surface area contributed by atoms with E-state index in [4.69, 9.17) is 0 Å². The maximum absolute atomic E-state index is 4.66. The van der Waals surface area contributed by atoms with Crippen LogP contribution in [-0.4, -0.2) is 28.0 Å². The summed E-state index contributed by atoms with van der Waals surface area (Å²) < 4.78 is 0. The molecular weight excluding hydrogens is 340 g/mol. The van der Waals surface area contributed by atoms with E-state index < -0.39 is 0 Å². The predicted molar refractivity (Wildman–Crippen MR) is 112 cm³/mol. The van der Waals surface area contributed by atoms with Crippen LogP contribution in [-0.2, 0) is 0 Å². The van der Waals surface area contributed by atoms with Crippen molar-refractivity contribution in [1.82, 2.24) is 15.0 Å². The predicted octanol–water partition coefficient (Wildman–Crippen LogP) is 5.26. The number of para-hydroxylation sites is 2. The SMILES string of the molecule is CCN(CC)c1ccc(/C=C/c2nc3nc4ccccc4nc3s2)cc1. The minimum atomic E-state index is 0.713. The third kappa shape index (κ3) is 3.30. The Balaban J connectivity index is 1.59. The summed E-state index contributed by atoms with van der Waals surface area (Å²) in [6, 6.07) is 16.5. The van der Waals surface area contributed by atoms with Crippen molar-refractivity contribution in [3.63, 3.8) is 0 Å². The van der Waals surface area contributed by atoms with Crippen LogP contribution in [0.5, 0.6) is 0 Å². The molecule has 0 fully saturated rings. The Labute approximate surface area is 156 Å². The summed E-state index contributed by atoms with van der Waals surface area (Å²) in [5, 5.41) is 0.920. The van der Waals surface area contributed by atoms with Crippen molar-refractivity contribution in [1.29, 1.82) is 0 Å². The van der Waals surface area contributed by atoms with E-state index in [0.717, 1.165) is 39.5 Å². The third-order valence-electron chi connectivity index (χ3n) is 4.38. The van der Waals surface area contributed by atoms with Gasteiger partial charge in [-0.1, -0.05) is 41.7 Å². The molecule has 0 bridgehead atoms. The van der Waals surface area contributed by atoms with Gasteiger partial charge >= 0.3 is 0 Å². The average molecular weight is 360 g/mol. The summed E-state index contributed by atoms with van der Waals surface area (Å²) in [7, 11) is 0. The van der Waals surface area contributed by atoms with Gasteiger partial charge < -0.3 is 4.90 Å². The summed E-state index contributed by atoms with van der Waals surface area (Å²) in [5.41, 5.74) is 4.92. The Morgan fingerprint density at radius 2 is 1.54 bits per heavy atom. The molecule has 0 spiro atoms. The second kappa shape index (κ2) is 7.22. The fourth-order valence-corrected chi connectivity index (χ4v) is 3.76. The molecule has 0 aliphatic carbocycles. The molecule has 0 N–H and O–H groups in total. The van der Waals surface area contributed by atoms with Crippen molar-refractivity contribution in [2.24, 2.45) is 0 Å². The van der Waals surface area contributed by atoms with Gasteiger partial charge in [-0.2, -0.15) is 0 Å². The first-order valence-electron chi connectivity index (χ1n) is 8.83. The number of anilines is 1. The highest BCUT2D eigenvalue weighted by molar-refractivity contribution is 7.18. The summed E-state index contributed by atoms with van der Waals surface area (Å²) in [5.74, 6) is 0. The summed E-state index contributed by atoms with van der Waals surface area (Å²) in [6.07, 6.45) is 4.12. The van der Waals surface area contributed by atoms with Crippen LogP contribution >= 0.6 is 11.3 Å². The molecule has 0 amide bonds. The fourth-order valence-electron chi connectivity index (χ4n) is 2.97. The number of nitrogens with zero attached hydrogens (tertiary/aromatic N) is 4. The second-order valence-electron chi connectivity index (χ2n) is 5.99. The molecule has 0 saturated carbocycles. The zero-order valence-corrected chi connectivity index (χ0v) is 15.7. The molecule has 2 aromatic carbocycles. The molecule has 0 aliphatic heterocycles. The molecule has 5 heteroatoms. The van der Waals surface area contributed by atoms with E-state index in [0.29, 0.717) is 5.65 Å². The molecule has 0 atom stereocenters. The smallest absolute Gasteiger partial charge is 0.190 e. The Hall–Kier alpha value is -2.79. The lowest BCUT2D eigenvalue weighted by molar-refractivity contribution is 0.866. The van der Waals surface area contributed by atoms with Crippen LogP contribution in [0.15, 0.2) is 48.5 Å². The highest BCUT2D eigenvalue weighted by Crippen LogP contribution is 2.23. The van der Waals surface area contributed by atoms with Crippen molar-refractivity contribution < 1.29 is 0 Å². The Kier molecular flexibility index (Phi) is 4.63. The van der Waals surface area contributed by atoms with Crippen LogP contribution < -0.4 is 4.90 Å². The maximum atomic E-state index is 4.66. The van der Waals surface area contributed by atoms with Gasteiger partial charge in [-0.15, -0.1) is 0 Å². The fraction of sp³-hybridized carbons (Fsp3) is 0.190. The van der Waals surface area contributed by atoms with Gasteiger partial charge in [-0.25, -0.2) is 15.0 Å². The van der Waals surface area contributed by atoms with Gasteiger partial charge in [0.15, 0.2) is 10.5 Å². The largest absolute Gasteiger partial charge is 0.372 e. The number of aromatic nitrogens is 3. The van der Waals surface area contributed by atoms with Crippen molar-refractivity contribution in [3.05, 3.63) is 59.1 Å². The van der Waals surface area contributed by atoms with E-state index in [9.17, 15) is 0 Å². The molecule has 4 nitrogen and oxygen atoms in total. The quantitative estimate of drug-likeness (QED) is 0.487. The molecule has 0 radical (unpaired) electrons. The highest BCUT2D eigenvalue weighted by atomic mass is 32.1. The minimum Gasteiger partial charge on any atom is -0.372 e. The van der Waals surface area contributed by atoms with E-state index in [-0.39, 0.29) is 0 Å². The minimum absolute atomic E-state index is 0.713. The summed E-state index contributed by atoms with van der Waals surface area (Å²) in [4.78, 5) is 17.1. The first kappa shape index (κ1) is 16.7. The number of hydrogen-bond donors (Lipinski definition) is 0. The van der Waals surface area contributed by atoms with E-state index in [1.165, 1.54) is 5.69 Å². The van der Waals surface area contributed by atoms with Gasteiger partial charge in [-0.3, -0.25) is 0 Å². The van der Waals surface area contributed by atoms with Gasteiger partial charge in [-0.05, 0) is 49.8 Å². The monoisotopic (exact) mass is 360 g/mol. The van der Waals surface area contributed by atoms with E-state index in [1.54, 1.807) is 11.3 Å². The number of rotatable bonds is 5. The average Bonchev–Trinajstić information content (AvgIpc) is 3.08. The molecule has 0 aliphatic rings. The van der Waals surface area contributed by atoms with Crippen LogP contribution in [0.3, 0.4) is 0 Å². The molecule has 0 unspecified atom stereocenters. The van der Waals surface area contributed by atoms with Crippen molar-refractivity contribution in [2.75, 3.05) is 18.0 Å². The molecule has 4 aromatic rings. The Morgan fingerprint density at radius 1 is 0.846 bits per heavy atom. The van der Waals surface area contributed by atoms with Gasteiger partial charge in [0.25, 0.3) is 0 Å². The third-order valence-corrected chi connectivity index (χ3v) is 5.28. The lowest BCUT2D eigenvalue weighted by atomic mass is 10.2. The van der Waals surface area contributed by atoms with Gasteiger partial charge in [0.2, 0.25) is 0 Å². The first-order chi connectivity index (χ1) is 12.8. The van der Waals surface area contributed by atoms with Crippen LogP contribution in [0.4, 0.5) is 5.69 Å². The van der Waals surface area contributed by atoms with E-state index >= 15 is 0 Å². The Bertz CT molecular complexity index is 1010. The molecule has 130 valence electrons. The number of thiazole rings is 1. The van der Waals surface area contributed by atoms with Crippen molar-refractivity contribution >= 4 is 50.7 Å². The zero-order valence-electron chi connectivity index (χ0n) is 14.9. The first-order valence-corrected chi connectivity index (χ1v) is 9.65. The molecule has 4 rings (SSSR count). The van der Waals surface area contributed by atoms with Crippen molar-refractivity contribution in [2.45, 2.75) is 13.8 Å². The molecule has 2 heterocycles. The van der Waals surface area contributed by atoms with Crippen LogP contribution in [0.25, 0.3) is 33.7 Å². The van der Waals surface area contributed by atoms with E-state index in [1.807, 2.05) is 30.3 Å². The lowest BCUT2D eigenvalue weighted by Crippen LogP contribution is -2.21. The van der Waals surface area contributed by atoms with Gasteiger partial charge in [0, 0.05) is 18.8 Å². The second-order valence-corrected chi connectivity index (χ2v) is 7.00. The topological polar surface area (TPSA) is 41.9 Å². The summed E-state index contributed by atoms with van der Waals surface area (Å²) >= 11 is 1.57. The van der Waals surface area contributed by atoms with Crippen LogP contribution in [0, 0.1) is 0 Å². The maximum Gasteiger partial charge on any atom is 0.190 e. The molecule has 0 saturated heterocycles. The van der Waals surface area contributed by atoms with Gasteiger partial charge in [0.1, 0.15) is 5.01 Å². The van der Waals surface area contributed by atoms with Gasteiger partial charge in [0.05, 0.1) is 11.0 Å². The molecular formula is C21H20N4S. The normalized spacial score (nSPS) is 11.6. The standard InChI is InChI=1S/C21H20N4S/c1-3-25(4-2)16-12-9-15(10-13-16)11-14-19-24-20-21(26-19)23-18-8-6-5-7-17(18)22-20/h5-14H,3-4H2,1-2H3/b14-11+. The molecule has 26 heavy (non-hydrogen) atoms. The molecule has 2 aromatic heterocycles. The number of fused-ring (bicyclic) bond motifs is 2. The van der Waals surface area contributed by atoms with Crippen LogP contribution in [0.2, 0.25) is 0 Å². The number of hydrogen-bond acceptors (Lipinski definition) is 5. The van der Waals surface area contributed by atoms with Crippen LogP contribution in [0.1, 0.15) is 24.4 Å². The highest BCUT2D eigenvalue weighted by Gasteiger charge is 2.06. The van der Waals surface area contributed by atoms with Crippen molar-refractivity contribution in [3.8, 4) is 0 Å². The Morgan fingerprint density at radius 3 is 2.23 bits per heavy atom. The lowest BCUT2D eigenvalue weighted by Gasteiger charge is -2.20. The van der Waals surface area contributed by atoms with E-state index in [2.05, 4.69) is 64.0 Å². The zero-order chi connectivity index (χ0) is 17.9. The summed E-state index contributed by atoms with van der Waals surface area (Å²) in [6.45, 7) is 6.39. The number of benzene rings is 2.